The molecule has 1 aliphatic heterocycles. The number of carbonyl (C=O) groups is 3. The summed E-state index contributed by atoms with van der Waals surface area (Å²) in [6, 6.07) is 3.18. The summed E-state index contributed by atoms with van der Waals surface area (Å²) in [7, 11) is 4.72. The smallest absolute Gasteiger partial charge is 0.455 e. The minimum absolute atomic E-state index is 0.196. The largest absolute Gasteiger partial charge is 0.493 e. The lowest BCUT2D eigenvalue weighted by atomic mass is 9.85. The maximum Gasteiger partial charge on any atom is 0.455 e. The fourth-order valence-corrected chi connectivity index (χ4v) is 4.86. The maximum atomic E-state index is 12.9. The Kier molecular flexibility index (Phi) is 9.48. The summed E-state index contributed by atoms with van der Waals surface area (Å²) in [6.07, 6.45) is 9.88. The molecule has 0 bridgehead atoms. The van der Waals surface area contributed by atoms with E-state index in [1.54, 1.807) is 27.5 Å². The van der Waals surface area contributed by atoms with Crippen molar-refractivity contribution in [2.24, 2.45) is 5.92 Å². The quantitative estimate of drug-likeness (QED) is 0.319. The molecule has 0 saturated heterocycles. The molecule has 2 amide bonds. The lowest BCUT2D eigenvalue weighted by molar-refractivity contribution is -0.472. The summed E-state index contributed by atoms with van der Waals surface area (Å²) in [5.74, 6) is 0.473. The highest BCUT2D eigenvalue weighted by molar-refractivity contribution is 6.34. The number of nitrogens with zero attached hydrogens (tertiary/aromatic N) is 1. The van der Waals surface area contributed by atoms with Crippen molar-refractivity contribution in [3.05, 3.63) is 17.7 Å². The van der Waals surface area contributed by atoms with Gasteiger partial charge in [-0.15, -0.1) is 0 Å². The van der Waals surface area contributed by atoms with Crippen LogP contribution in [0.5, 0.6) is 17.2 Å². The third-order valence-corrected chi connectivity index (χ3v) is 6.73. The van der Waals surface area contributed by atoms with Crippen molar-refractivity contribution in [2.45, 2.75) is 70.3 Å². The van der Waals surface area contributed by atoms with Crippen molar-refractivity contribution in [1.82, 2.24) is 5.32 Å². The van der Waals surface area contributed by atoms with E-state index in [1.165, 1.54) is 4.58 Å². The van der Waals surface area contributed by atoms with Gasteiger partial charge in [-0.1, -0.05) is 19.3 Å². The fourth-order valence-electron chi connectivity index (χ4n) is 4.86. The minimum atomic E-state index is -0.616. The van der Waals surface area contributed by atoms with Crippen molar-refractivity contribution in [3.8, 4) is 17.2 Å². The molecule has 1 heterocycles. The number of ether oxygens (including phenoxy) is 3. The molecule has 0 aromatic heterocycles. The van der Waals surface area contributed by atoms with Crippen LogP contribution in [0.25, 0.3) is 0 Å². The normalized spacial score (nSPS) is 18.6. The Morgan fingerprint density at radius 3 is 2.24 bits per heavy atom. The van der Waals surface area contributed by atoms with E-state index >= 15 is 0 Å². The van der Waals surface area contributed by atoms with Crippen LogP contribution in [0.4, 0.5) is 0 Å². The standard InChI is InChI=1S/C26H36N2O6/c1-32-21-16-18(17-22(33-2)24(21)34-3)10-9-14-27-25(30)20-13-7-8-15-28(20)26(31)23(29)19-11-5-4-6-12-19/h15-17,19-20H,4-14H2,1-3H3/p+1. The van der Waals surface area contributed by atoms with Gasteiger partial charge in [0, 0.05) is 25.3 Å². The third-order valence-electron chi connectivity index (χ3n) is 6.73. The van der Waals surface area contributed by atoms with Crippen molar-refractivity contribution >= 4 is 23.8 Å². The molecule has 2 aliphatic rings. The van der Waals surface area contributed by atoms with Crippen LogP contribution in [0.1, 0.15) is 63.4 Å². The zero-order valence-electron chi connectivity index (χ0n) is 20.6. The van der Waals surface area contributed by atoms with Gasteiger partial charge in [0.2, 0.25) is 11.8 Å². The number of Topliss-reactive ketones (excluding diaryl/α,β-unsaturated/α-hetero) is 1. The van der Waals surface area contributed by atoms with Gasteiger partial charge < -0.3 is 19.5 Å². The fraction of sp³-hybridized carbons (Fsp3) is 0.615. The number of benzene rings is 1. The van der Waals surface area contributed by atoms with Crippen LogP contribution in [0.3, 0.4) is 0 Å². The topological polar surface area (TPSA) is 93.9 Å². The lowest BCUT2D eigenvalue weighted by Crippen LogP contribution is -2.49. The van der Waals surface area contributed by atoms with E-state index in [0.717, 1.165) is 44.1 Å². The van der Waals surface area contributed by atoms with Crippen molar-refractivity contribution in [3.63, 3.8) is 0 Å². The Bertz CT molecular complexity index is 895. The van der Waals surface area contributed by atoms with E-state index in [-0.39, 0.29) is 17.6 Å². The molecule has 1 N–H and O–H groups in total. The number of rotatable bonds is 10. The first-order valence-corrected chi connectivity index (χ1v) is 12.3. The highest BCUT2D eigenvalue weighted by atomic mass is 16.5. The molecule has 34 heavy (non-hydrogen) atoms. The maximum absolute atomic E-state index is 12.9. The molecule has 8 nitrogen and oxygen atoms in total. The summed E-state index contributed by atoms with van der Waals surface area (Å²) in [4.78, 5) is 38.6. The van der Waals surface area contributed by atoms with Crippen LogP contribution in [0.2, 0.25) is 0 Å². The predicted molar refractivity (Wildman–Crippen MR) is 128 cm³/mol. The van der Waals surface area contributed by atoms with Crippen LogP contribution in [0.15, 0.2) is 12.1 Å². The number of carbonyl (C=O) groups excluding carboxylic acids is 3. The molecule has 1 saturated carbocycles. The number of amides is 2. The highest BCUT2D eigenvalue weighted by Crippen LogP contribution is 2.38. The van der Waals surface area contributed by atoms with E-state index in [9.17, 15) is 14.4 Å². The second-order valence-corrected chi connectivity index (χ2v) is 8.97. The van der Waals surface area contributed by atoms with Gasteiger partial charge in [0.25, 0.3) is 11.7 Å². The Labute approximate surface area is 201 Å². The van der Waals surface area contributed by atoms with E-state index in [0.29, 0.717) is 49.5 Å². The number of hydrogen-bond donors (Lipinski definition) is 1. The van der Waals surface area contributed by atoms with Gasteiger partial charge >= 0.3 is 5.91 Å². The SMILES string of the molecule is COc1cc(CCCNC(=O)C2CCCC=[N+]2C(=O)C(=O)C2CCCCC2)cc(OC)c1OC. The van der Waals surface area contributed by atoms with Crippen molar-refractivity contribution < 1.29 is 33.2 Å². The third kappa shape index (κ3) is 6.15. The molecular weight excluding hydrogens is 436 g/mol. The van der Waals surface area contributed by atoms with Crippen molar-refractivity contribution in [1.29, 1.82) is 0 Å². The molecule has 1 unspecified atom stereocenters. The van der Waals surface area contributed by atoms with Crippen LogP contribution >= 0.6 is 0 Å². The molecule has 1 atom stereocenters. The van der Waals surface area contributed by atoms with Crippen molar-refractivity contribution in [2.75, 3.05) is 27.9 Å². The van der Waals surface area contributed by atoms with Gasteiger partial charge in [-0.2, -0.15) is 4.58 Å². The summed E-state index contributed by atoms with van der Waals surface area (Å²) >= 11 is 0. The number of methoxy groups -OCH3 is 3. The average Bonchev–Trinajstić information content (AvgIpc) is 2.89. The molecule has 8 heteroatoms. The van der Waals surface area contributed by atoms with Crippen LogP contribution in [0, 0.1) is 5.92 Å². The number of hydrogen-bond acceptors (Lipinski definition) is 6. The Morgan fingerprint density at radius 2 is 1.62 bits per heavy atom. The molecule has 1 fully saturated rings. The second kappa shape index (κ2) is 12.5. The first-order chi connectivity index (χ1) is 16.5. The van der Waals surface area contributed by atoms with Gasteiger partial charge in [-0.3, -0.25) is 9.59 Å². The summed E-state index contributed by atoms with van der Waals surface area (Å²) < 4.78 is 17.5. The molecule has 186 valence electrons. The van der Waals surface area contributed by atoms with Gasteiger partial charge in [-0.25, -0.2) is 4.79 Å². The molecule has 1 aliphatic carbocycles. The Hall–Kier alpha value is -2.90. The monoisotopic (exact) mass is 473 g/mol. The zero-order chi connectivity index (χ0) is 24.5. The molecule has 3 rings (SSSR count). The molecule has 1 aromatic rings. The van der Waals surface area contributed by atoms with Gasteiger partial charge in [0.15, 0.2) is 11.5 Å². The van der Waals surface area contributed by atoms with Crippen LogP contribution in [-0.2, 0) is 20.8 Å². The minimum Gasteiger partial charge on any atom is -0.493 e. The summed E-state index contributed by atoms with van der Waals surface area (Å²) in [6.45, 7) is 0.463. The molecule has 0 radical (unpaired) electrons. The van der Waals surface area contributed by atoms with Crippen LogP contribution < -0.4 is 19.5 Å². The lowest BCUT2D eigenvalue weighted by Gasteiger charge is -2.21. The Morgan fingerprint density at radius 1 is 0.941 bits per heavy atom. The average molecular weight is 474 g/mol. The van der Waals surface area contributed by atoms with Gasteiger partial charge in [0.1, 0.15) is 6.21 Å². The highest BCUT2D eigenvalue weighted by Gasteiger charge is 2.42. The first kappa shape index (κ1) is 25.7. The Balaban J connectivity index is 1.55. The number of ketones is 1. The van der Waals surface area contributed by atoms with Crippen LogP contribution in [-0.4, -0.2) is 62.3 Å². The summed E-state index contributed by atoms with van der Waals surface area (Å²) in [5.41, 5.74) is 1.00. The van der Waals surface area contributed by atoms with E-state index < -0.39 is 11.9 Å². The van der Waals surface area contributed by atoms with Gasteiger partial charge in [0.05, 0.1) is 21.3 Å². The molecule has 0 spiro atoms. The summed E-state index contributed by atoms with van der Waals surface area (Å²) in [5, 5.41) is 2.95. The second-order valence-electron chi connectivity index (χ2n) is 8.97. The van der Waals surface area contributed by atoms with Gasteiger partial charge in [-0.05, 0) is 49.8 Å². The first-order valence-electron chi connectivity index (χ1n) is 12.3. The zero-order valence-corrected chi connectivity index (χ0v) is 20.6. The molecule has 1 aromatic carbocycles. The van der Waals surface area contributed by atoms with E-state index in [2.05, 4.69) is 5.32 Å². The van der Waals surface area contributed by atoms with E-state index in [1.807, 2.05) is 12.1 Å². The molecular formula is C26H37N2O6+. The van der Waals surface area contributed by atoms with E-state index in [4.69, 9.17) is 14.2 Å². The predicted octanol–water partition coefficient (Wildman–Crippen LogP) is 3.07. The number of aryl methyl sites for hydroxylation is 1. The number of nitrogens with one attached hydrogen (secondary N) is 1.